The largest absolute Gasteiger partial charge is 0.339 e. The van der Waals surface area contributed by atoms with Crippen molar-refractivity contribution in [2.45, 2.75) is 51.6 Å². The number of nitrogens with two attached hydrogens (primary N) is 1. The van der Waals surface area contributed by atoms with Gasteiger partial charge in [-0.2, -0.15) is 11.8 Å². The molecule has 0 radical (unpaired) electrons. The second-order valence-electron chi connectivity index (χ2n) is 4.17. The molecule has 0 saturated heterocycles. The zero-order valence-electron chi connectivity index (χ0n) is 11.1. The lowest BCUT2D eigenvalue weighted by Crippen LogP contribution is -2.47. The van der Waals surface area contributed by atoms with Crippen LogP contribution in [0.25, 0.3) is 0 Å². The third kappa shape index (κ3) is 5.99. The molecule has 0 fully saturated rings. The molecule has 0 spiro atoms. The highest BCUT2D eigenvalue weighted by atomic mass is 32.2. The van der Waals surface area contributed by atoms with Crippen molar-refractivity contribution in [3.8, 4) is 12.3 Å². The quantitative estimate of drug-likeness (QED) is 0.651. The fraction of sp³-hybridized carbons (Fsp3) is 0.769. The SMILES string of the molecule is C#CC(CC)(CC)NC(=O)CSCC(N)CC. The van der Waals surface area contributed by atoms with Crippen molar-refractivity contribution in [2.75, 3.05) is 11.5 Å². The lowest BCUT2D eigenvalue weighted by Gasteiger charge is -2.27. The van der Waals surface area contributed by atoms with Crippen LogP contribution in [0.3, 0.4) is 0 Å². The van der Waals surface area contributed by atoms with Crippen LogP contribution in [0.1, 0.15) is 40.0 Å². The van der Waals surface area contributed by atoms with E-state index in [4.69, 9.17) is 12.2 Å². The topological polar surface area (TPSA) is 55.1 Å². The molecule has 0 aliphatic carbocycles. The Kier molecular flexibility index (Phi) is 8.11. The Hall–Kier alpha value is -0.660. The third-order valence-electron chi connectivity index (χ3n) is 2.95. The molecule has 3 nitrogen and oxygen atoms in total. The third-order valence-corrected chi connectivity index (χ3v) is 4.08. The normalized spacial score (nSPS) is 12.9. The minimum absolute atomic E-state index is 0.0000435. The second kappa shape index (κ2) is 8.43. The molecular formula is C13H24N2OS. The van der Waals surface area contributed by atoms with Crippen LogP contribution in [0.5, 0.6) is 0 Å². The summed E-state index contributed by atoms with van der Waals surface area (Å²) in [5.41, 5.74) is 5.30. The molecule has 4 heteroatoms. The van der Waals surface area contributed by atoms with Gasteiger partial charge in [-0.25, -0.2) is 0 Å². The number of terminal acetylenes is 1. The molecule has 0 aromatic carbocycles. The summed E-state index contributed by atoms with van der Waals surface area (Å²) in [4.78, 5) is 11.7. The Morgan fingerprint density at radius 1 is 1.47 bits per heavy atom. The molecular weight excluding hydrogens is 232 g/mol. The second-order valence-corrected chi connectivity index (χ2v) is 5.20. The van der Waals surface area contributed by atoms with Crippen LogP contribution in [0.4, 0.5) is 0 Å². The molecule has 1 atom stereocenters. The van der Waals surface area contributed by atoms with Crippen LogP contribution in [-0.4, -0.2) is 29.0 Å². The highest BCUT2D eigenvalue weighted by Gasteiger charge is 2.24. The fourth-order valence-corrected chi connectivity index (χ4v) is 2.30. The van der Waals surface area contributed by atoms with Gasteiger partial charge in [-0.05, 0) is 19.3 Å². The van der Waals surface area contributed by atoms with E-state index in [9.17, 15) is 4.79 Å². The maximum absolute atomic E-state index is 11.7. The van der Waals surface area contributed by atoms with Gasteiger partial charge >= 0.3 is 0 Å². The van der Waals surface area contributed by atoms with Gasteiger partial charge in [-0.15, -0.1) is 6.42 Å². The van der Waals surface area contributed by atoms with Gasteiger partial charge in [0, 0.05) is 11.8 Å². The van der Waals surface area contributed by atoms with E-state index in [-0.39, 0.29) is 11.9 Å². The van der Waals surface area contributed by atoms with E-state index in [0.717, 1.165) is 25.0 Å². The molecule has 0 saturated carbocycles. The summed E-state index contributed by atoms with van der Waals surface area (Å²) in [7, 11) is 0. The smallest absolute Gasteiger partial charge is 0.231 e. The van der Waals surface area contributed by atoms with Crippen molar-refractivity contribution in [3.63, 3.8) is 0 Å². The average molecular weight is 256 g/mol. The molecule has 0 rings (SSSR count). The van der Waals surface area contributed by atoms with Crippen LogP contribution in [0.15, 0.2) is 0 Å². The maximum Gasteiger partial charge on any atom is 0.231 e. The zero-order valence-corrected chi connectivity index (χ0v) is 11.9. The predicted octanol–water partition coefficient (Wildman–Crippen LogP) is 1.77. The molecule has 1 unspecified atom stereocenters. The van der Waals surface area contributed by atoms with E-state index in [1.54, 1.807) is 11.8 Å². The number of amides is 1. The van der Waals surface area contributed by atoms with Gasteiger partial charge < -0.3 is 11.1 Å². The predicted molar refractivity (Wildman–Crippen MR) is 75.9 cm³/mol. The average Bonchev–Trinajstić information content (AvgIpc) is 2.36. The van der Waals surface area contributed by atoms with Gasteiger partial charge in [0.15, 0.2) is 0 Å². The number of hydrogen-bond donors (Lipinski definition) is 2. The minimum Gasteiger partial charge on any atom is -0.339 e. The van der Waals surface area contributed by atoms with Gasteiger partial charge in [0.05, 0.1) is 5.75 Å². The first-order chi connectivity index (χ1) is 8.03. The standard InChI is InChI=1S/C13H24N2OS/c1-5-11(14)9-17-10-12(16)15-13(6-2,7-3)8-4/h2,11H,5,7-10,14H2,1,3-4H3,(H,15,16). The summed E-state index contributed by atoms with van der Waals surface area (Å²) in [6.07, 6.45) is 7.93. The molecule has 98 valence electrons. The number of carbonyl (C=O) groups excluding carboxylic acids is 1. The first-order valence-electron chi connectivity index (χ1n) is 6.15. The van der Waals surface area contributed by atoms with Crippen LogP contribution < -0.4 is 11.1 Å². The van der Waals surface area contributed by atoms with E-state index in [1.807, 2.05) is 20.8 Å². The van der Waals surface area contributed by atoms with Crippen molar-refractivity contribution in [3.05, 3.63) is 0 Å². The van der Waals surface area contributed by atoms with E-state index in [1.165, 1.54) is 0 Å². The molecule has 0 aromatic rings. The molecule has 0 heterocycles. The molecule has 0 bridgehead atoms. The van der Waals surface area contributed by atoms with Crippen molar-refractivity contribution in [2.24, 2.45) is 5.73 Å². The molecule has 3 N–H and O–H groups in total. The number of nitrogens with one attached hydrogen (secondary N) is 1. The first kappa shape index (κ1) is 16.3. The first-order valence-corrected chi connectivity index (χ1v) is 7.31. The molecule has 0 aliphatic rings. The fourth-order valence-electron chi connectivity index (χ4n) is 1.39. The van der Waals surface area contributed by atoms with E-state index >= 15 is 0 Å². The van der Waals surface area contributed by atoms with E-state index in [0.29, 0.717) is 5.75 Å². The number of thioether (sulfide) groups is 1. The maximum atomic E-state index is 11.7. The zero-order chi connectivity index (χ0) is 13.3. The number of hydrogen-bond acceptors (Lipinski definition) is 3. The monoisotopic (exact) mass is 256 g/mol. The lowest BCUT2D eigenvalue weighted by molar-refractivity contribution is -0.119. The highest BCUT2D eigenvalue weighted by Crippen LogP contribution is 2.14. The number of carbonyl (C=O) groups is 1. The van der Waals surface area contributed by atoms with Crippen molar-refractivity contribution in [1.29, 1.82) is 0 Å². The van der Waals surface area contributed by atoms with E-state index in [2.05, 4.69) is 11.2 Å². The van der Waals surface area contributed by atoms with Gasteiger partial charge in [-0.3, -0.25) is 4.79 Å². The summed E-state index contributed by atoms with van der Waals surface area (Å²) in [5.74, 6) is 3.93. The molecule has 1 amide bonds. The molecule has 0 aliphatic heterocycles. The van der Waals surface area contributed by atoms with Crippen molar-refractivity contribution < 1.29 is 4.79 Å². The summed E-state index contributed by atoms with van der Waals surface area (Å²) < 4.78 is 0. The van der Waals surface area contributed by atoms with E-state index < -0.39 is 5.54 Å². The number of rotatable bonds is 8. The Morgan fingerprint density at radius 2 is 2.06 bits per heavy atom. The molecule has 17 heavy (non-hydrogen) atoms. The lowest BCUT2D eigenvalue weighted by atomic mass is 9.94. The summed E-state index contributed by atoms with van der Waals surface area (Å²) in [6, 6.07) is 0.169. The molecule has 0 aromatic heterocycles. The highest BCUT2D eigenvalue weighted by molar-refractivity contribution is 7.99. The van der Waals surface area contributed by atoms with Gasteiger partial charge in [-0.1, -0.05) is 26.7 Å². The Morgan fingerprint density at radius 3 is 2.47 bits per heavy atom. The van der Waals surface area contributed by atoms with Gasteiger partial charge in [0.25, 0.3) is 0 Å². The van der Waals surface area contributed by atoms with Crippen LogP contribution in [0.2, 0.25) is 0 Å². The summed E-state index contributed by atoms with van der Waals surface area (Å²) in [5, 5.41) is 2.93. The minimum atomic E-state index is -0.482. The Labute approximate surface area is 109 Å². The van der Waals surface area contributed by atoms with Crippen LogP contribution >= 0.6 is 11.8 Å². The van der Waals surface area contributed by atoms with Gasteiger partial charge in [0.1, 0.15) is 5.54 Å². The van der Waals surface area contributed by atoms with Crippen LogP contribution in [-0.2, 0) is 4.79 Å². The van der Waals surface area contributed by atoms with Gasteiger partial charge in [0.2, 0.25) is 5.91 Å². The van der Waals surface area contributed by atoms with Crippen LogP contribution in [0, 0.1) is 12.3 Å². The van der Waals surface area contributed by atoms with Crippen molar-refractivity contribution in [1.82, 2.24) is 5.32 Å². The van der Waals surface area contributed by atoms with Crippen molar-refractivity contribution >= 4 is 17.7 Å². The summed E-state index contributed by atoms with van der Waals surface area (Å²) >= 11 is 1.56. The Bertz CT molecular complexity index is 269. The summed E-state index contributed by atoms with van der Waals surface area (Å²) in [6.45, 7) is 6.02. The Balaban J connectivity index is 4.05.